The van der Waals surface area contributed by atoms with Crippen molar-refractivity contribution >= 4 is 39.1 Å². The van der Waals surface area contributed by atoms with Crippen molar-refractivity contribution < 1.29 is 4.39 Å². The van der Waals surface area contributed by atoms with Gasteiger partial charge in [-0.1, -0.05) is 45.2 Å². The van der Waals surface area contributed by atoms with Crippen LogP contribution in [0.4, 0.5) is 4.39 Å². The van der Waals surface area contributed by atoms with Gasteiger partial charge in [-0.2, -0.15) is 0 Å². The van der Waals surface area contributed by atoms with E-state index in [0.717, 1.165) is 15.6 Å². The van der Waals surface area contributed by atoms with Gasteiger partial charge in [0.2, 0.25) is 0 Å². The Morgan fingerprint density at radius 1 is 1.14 bits per heavy atom. The number of nitrogens with one attached hydrogen (secondary N) is 1. The highest BCUT2D eigenvalue weighted by Crippen LogP contribution is 2.27. The lowest BCUT2D eigenvalue weighted by molar-refractivity contribution is 0.552. The van der Waals surface area contributed by atoms with Gasteiger partial charge in [0, 0.05) is 20.6 Å². The fourth-order valence-electron chi connectivity index (χ4n) is 2.22. The predicted octanol–water partition coefficient (Wildman–Crippen LogP) is 5.27. The largest absolute Gasteiger partial charge is 0.316 e. The van der Waals surface area contributed by atoms with Crippen molar-refractivity contribution in [1.29, 1.82) is 0 Å². The van der Waals surface area contributed by atoms with Crippen LogP contribution in [0.25, 0.3) is 0 Å². The summed E-state index contributed by atoms with van der Waals surface area (Å²) in [4.78, 5) is 0. The zero-order valence-electron chi connectivity index (χ0n) is 11.5. The van der Waals surface area contributed by atoms with Crippen LogP contribution in [0.15, 0.2) is 40.9 Å². The van der Waals surface area contributed by atoms with Gasteiger partial charge in [0.1, 0.15) is 5.82 Å². The van der Waals surface area contributed by atoms with E-state index in [4.69, 9.17) is 23.2 Å². The monoisotopic (exact) mass is 389 g/mol. The van der Waals surface area contributed by atoms with Gasteiger partial charge in [-0.05, 0) is 61.3 Å². The molecule has 0 saturated carbocycles. The first-order valence-corrected chi connectivity index (χ1v) is 8.10. The summed E-state index contributed by atoms with van der Waals surface area (Å²) in [6.07, 6.45) is 1.36. The van der Waals surface area contributed by atoms with E-state index in [9.17, 15) is 4.39 Å². The summed E-state index contributed by atoms with van der Waals surface area (Å²) in [5.74, 6) is -0.237. The molecule has 2 aromatic rings. The lowest BCUT2D eigenvalue weighted by Gasteiger charge is -2.19. The van der Waals surface area contributed by atoms with Gasteiger partial charge >= 0.3 is 0 Å². The average molecular weight is 391 g/mol. The first-order chi connectivity index (χ1) is 10.0. The molecule has 1 nitrogen and oxygen atoms in total. The molecule has 1 N–H and O–H groups in total. The second kappa shape index (κ2) is 7.59. The Bertz CT molecular complexity index is 613. The van der Waals surface area contributed by atoms with Crippen LogP contribution in [0.3, 0.4) is 0 Å². The molecule has 21 heavy (non-hydrogen) atoms. The molecule has 1 unspecified atom stereocenters. The summed E-state index contributed by atoms with van der Waals surface area (Å²) in [6.45, 7) is 0. The third-order valence-corrected chi connectivity index (χ3v) is 4.88. The second-order valence-corrected chi connectivity index (χ2v) is 6.50. The Kier molecular flexibility index (Phi) is 6.06. The third kappa shape index (κ3) is 4.43. The van der Waals surface area contributed by atoms with Gasteiger partial charge in [0.25, 0.3) is 0 Å². The van der Waals surface area contributed by atoms with Gasteiger partial charge in [0.15, 0.2) is 0 Å². The Balaban J connectivity index is 2.19. The van der Waals surface area contributed by atoms with E-state index in [1.165, 1.54) is 6.07 Å². The fraction of sp³-hybridized carbons (Fsp3) is 0.250. The van der Waals surface area contributed by atoms with Crippen molar-refractivity contribution in [3.63, 3.8) is 0 Å². The molecule has 0 radical (unpaired) electrons. The summed E-state index contributed by atoms with van der Waals surface area (Å²) in [6, 6.07) is 10.3. The minimum atomic E-state index is -0.237. The number of rotatable bonds is 5. The number of hydrogen-bond acceptors (Lipinski definition) is 1. The van der Waals surface area contributed by atoms with Crippen molar-refractivity contribution in [3.05, 3.63) is 67.9 Å². The van der Waals surface area contributed by atoms with Gasteiger partial charge in [-0.15, -0.1) is 0 Å². The van der Waals surface area contributed by atoms with Gasteiger partial charge in [-0.25, -0.2) is 4.39 Å². The molecule has 5 heteroatoms. The highest BCUT2D eigenvalue weighted by atomic mass is 79.9. The molecule has 2 rings (SSSR count). The number of halogens is 4. The van der Waals surface area contributed by atoms with Crippen molar-refractivity contribution in [3.8, 4) is 0 Å². The van der Waals surface area contributed by atoms with Gasteiger partial charge < -0.3 is 5.32 Å². The summed E-state index contributed by atoms with van der Waals surface area (Å²) in [7, 11) is 1.88. The molecule has 0 fully saturated rings. The van der Waals surface area contributed by atoms with Crippen LogP contribution in [0.1, 0.15) is 11.1 Å². The minimum absolute atomic E-state index is 0.112. The van der Waals surface area contributed by atoms with E-state index < -0.39 is 0 Å². The predicted molar refractivity (Wildman–Crippen MR) is 90.8 cm³/mol. The molecule has 0 aromatic heterocycles. The Morgan fingerprint density at radius 2 is 1.81 bits per heavy atom. The van der Waals surface area contributed by atoms with Crippen LogP contribution in [-0.2, 0) is 12.8 Å². The SMILES string of the molecule is CNC(Cc1cc(F)ccc1Br)Cc1c(Cl)cccc1Cl. The number of hydrogen-bond donors (Lipinski definition) is 1. The van der Waals surface area contributed by atoms with Crippen LogP contribution < -0.4 is 5.32 Å². The smallest absolute Gasteiger partial charge is 0.123 e. The van der Waals surface area contributed by atoms with Crippen LogP contribution >= 0.6 is 39.1 Å². The highest BCUT2D eigenvalue weighted by molar-refractivity contribution is 9.10. The molecule has 2 aromatic carbocycles. The molecule has 112 valence electrons. The molecule has 0 aliphatic heterocycles. The Labute approximate surface area is 142 Å². The fourth-order valence-corrected chi connectivity index (χ4v) is 3.18. The maximum absolute atomic E-state index is 13.4. The Hall–Kier alpha value is -0.610. The zero-order valence-corrected chi connectivity index (χ0v) is 14.6. The third-order valence-electron chi connectivity index (χ3n) is 3.39. The van der Waals surface area contributed by atoms with E-state index in [0.29, 0.717) is 22.9 Å². The minimum Gasteiger partial charge on any atom is -0.316 e. The molecule has 0 saturated heterocycles. The van der Waals surface area contributed by atoms with Crippen molar-refractivity contribution in [2.45, 2.75) is 18.9 Å². The van der Waals surface area contributed by atoms with Crippen LogP contribution in [0, 0.1) is 5.82 Å². The molecular formula is C16H15BrCl2FN. The zero-order chi connectivity index (χ0) is 15.4. The molecular weight excluding hydrogens is 376 g/mol. The lowest BCUT2D eigenvalue weighted by atomic mass is 9.99. The second-order valence-electron chi connectivity index (χ2n) is 4.83. The van der Waals surface area contributed by atoms with Crippen molar-refractivity contribution in [1.82, 2.24) is 5.32 Å². The molecule has 0 heterocycles. The molecule has 0 aliphatic carbocycles. The van der Waals surface area contributed by atoms with Crippen LogP contribution in [-0.4, -0.2) is 13.1 Å². The van der Waals surface area contributed by atoms with Gasteiger partial charge in [-0.3, -0.25) is 0 Å². The van der Waals surface area contributed by atoms with E-state index >= 15 is 0 Å². The molecule has 1 atom stereocenters. The lowest BCUT2D eigenvalue weighted by Crippen LogP contribution is -2.30. The summed E-state index contributed by atoms with van der Waals surface area (Å²) in [5.41, 5.74) is 1.82. The Morgan fingerprint density at radius 3 is 2.43 bits per heavy atom. The van der Waals surface area contributed by atoms with Gasteiger partial charge in [0.05, 0.1) is 0 Å². The maximum Gasteiger partial charge on any atom is 0.123 e. The molecule has 0 amide bonds. The molecule has 0 aliphatic rings. The van der Waals surface area contributed by atoms with Crippen molar-refractivity contribution in [2.24, 2.45) is 0 Å². The van der Waals surface area contributed by atoms with E-state index in [1.807, 2.05) is 25.2 Å². The number of likely N-dealkylation sites (N-methyl/N-ethyl adjacent to an activating group) is 1. The van der Waals surface area contributed by atoms with E-state index in [2.05, 4.69) is 21.2 Å². The van der Waals surface area contributed by atoms with E-state index in [1.54, 1.807) is 12.1 Å². The van der Waals surface area contributed by atoms with Crippen LogP contribution in [0.5, 0.6) is 0 Å². The average Bonchev–Trinajstić information content (AvgIpc) is 2.45. The first kappa shape index (κ1) is 16.8. The molecule has 0 bridgehead atoms. The topological polar surface area (TPSA) is 12.0 Å². The summed E-state index contributed by atoms with van der Waals surface area (Å²) >= 11 is 15.9. The summed E-state index contributed by atoms with van der Waals surface area (Å²) in [5, 5.41) is 4.55. The van der Waals surface area contributed by atoms with E-state index in [-0.39, 0.29) is 11.9 Å². The molecule has 0 spiro atoms. The highest BCUT2D eigenvalue weighted by Gasteiger charge is 2.15. The number of benzene rings is 2. The summed E-state index contributed by atoms with van der Waals surface area (Å²) < 4.78 is 14.3. The first-order valence-electron chi connectivity index (χ1n) is 6.55. The maximum atomic E-state index is 13.4. The standard InChI is InChI=1S/C16H15BrCl2FN/c1-21-12(8-10-7-11(20)5-6-14(10)17)9-13-15(18)3-2-4-16(13)19/h2-7,12,21H,8-9H2,1H3. The quantitative estimate of drug-likeness (QED) is 0.733. The van der Waals surface area contributed by atoms with Crippen LogP contribution in [0.2, 0.25) is 10.0 Å². The normalized spacial score (nSPS) is 12.4. The van der Waals surface area contributed by atoms with Crippen molar-refractivity contribution in [2.75, 3.05) is 7.05 Å².